The molecule has 0 bridgehead atoms. The first-order chi connectivity index (χ1) is 15.6. The van der Waals surface area contributed by atoms with Crippen molar-refractivity contribution in [3.8, 4) is 0 Å². The summed E-state index contributed by atoms with van der Waals surface area (Å²) in [4.78, 5) is 68.5. The molecule has 0 fully saturated rings. The summed E-state index contributed by atoms with van der Waals surface area (Å²) in [6, 6.07) is 7.81. The number of H-pyrrole nitrogens is 1. The van der Waals surface area contributed by atoms with E-state index in [0.717, 1.165) is 37.4 Å². The number of anilines is 1. The molecule has 12 nitrogen and oxygen atoms in total. The molecule has 3 aromatic rings. The van der Waals surface area contributed by atoms with Crippen LogP contribution in [0.2, 0.25) is 0 Å². The molecule has 1 heterocycles. The first-order valence-corrected chi connectivity index (χ1v) is 9.12. The lowest BCUT2D eigenvalue weighted by molar-refractivity contribution is -0.991. The van der Waals surface area contributed by atoms with Gasteiger partial charge in [0.1, 0.15) is 17.4 Å². The summed E-state index contributed by atoms with van der Waals surface area (Å²) in [5.41, 5.74) is -2.04. The number of nitrogens with one attached hydrogen (secondary N) is 3. The average molecular weight is 458 g/mol. The highest BCUT2D eigenvalue weighted by Crippen LogP contribution is 2.19. The third kappa shape index (κ3) is 4.95. The zero-order valence-corrected chi connectivity index (χ0v) is 16.7. The molecule has 0 radical (unpaired) electrons. The Morgan fingerprint density at radius 2 is 1.82 bits per heavy atom. The number of fused-ring (bicyclic) bond motifs is 1. The van der Waals surface area contributed by atoms with Gasteiger partial charge in [-0.15, -0.1) is 0 Å². The molecule has 13 heteroatoms. The molecule has 0 spiro atoms. The number of rotatable bonds is 7. The lowest BCUT2D eigenvalue weighted by Gasteiger charge is -2.14. The molecular formula is C20H15FN4O8. The largest absolute Gasteiger partial charge is 0.595 e. The van der Waals surface area contributed by atoms with Gasteiger partial charge < -0.3 is 20.2 Å². The van der Waals surface area contributed by atoms with Crippen LogP contribution in [0.1, 0.15) is 11.6 Å². The minimum absolute atomic E-state index is 0.0102. The van der Waals surface area contributed by atoms with Crippen molar-refractivity contribution in [2.24, 2.45) is 0 Å². The predicted octanol–water partition coefficient (Wildman–Crippen LogP) is -0.501. The molecule has 0 saturated heterocycles. The Hall–Kier alpha value is -4.33. The number of ketones is 2. The highest BCUT2D eigenvalue weighted by Gasteiger charge is 2.40. The van der Waals surface area contributed by atoms with Crippen molar-refractivity contribution in [2.75, 3.05) is 12.4 Å². The zero-order chi connectivity index (χ0) is 24.3. The smallest absolute Gasteiger partial charge is 0.375 e. The summed E-state index contributed by atoms with van der Waals surface area (Å²) in [5, 5.41) is 21.1. The fourth-order valence-corrected chi connectivity index (χ4v) is 2.87. The van der Waals surface area contributed by atoms with E-state index in [1.54, 1.807) is 0 Å². The molecule has 4 N–H and O–H groups in total. The summed E-state index contributed by atoms with van der Waals surface area (Å²) in [6.45, 7) is 0. The number of methoxy groups -OCH3 is 1. The van der Waals surface area contributed by atoms with E-state index in [9.17, 15) is 33.6 Å². The van der Waals surface area contributed by atoms with Crippen LogP contribution in [0.3, 0.4) is 0 Å². The van der Waals surface area contributed by atoms with E-state index >= 15 is 0 Å². The van der Waals surface area contributed by atoms with Crippen molar-refractivity contribution in [1.29, 1.82) is 0 Å². The van der Waals surface area contributed by atoms with Crippen LogP contribution >= 0.6 is 0 Å². The highest BCUT2D eigenvalue weighted by atomic mass is 19.1. The van der Waals surface area contributed by atoms with Crippen molar-refractivity contribution < 1.29 is 38.7 Å². The summed E-state index contributed by atoms with van der Waals surface area (Å²) in [7, 11) is 0.867. The van der Waals surface area contributed by atoms with Gasteiger partial charge >= 0.3 is 5.97 Å². The fourth-order valence-electron chi connectivity index (χ4n) is 2.87. The maximum Gasteiger partial charge on any atom is 0.375 e. The number of aromatic amines is 1. The molecule has 1 aromatic heterocycles. The number of benzene rings is 2. The number of halogens is 1. The number of carbonyl (C=O) groups is 4. The number of ether oxygens (including phenoxy) is 1. The lowest BCUT2D eigenvalue weighted by atomic mass is 9.94. The first-order valence-electron chi connectivity index (χ1n) is 9.12. The molecule has 0 aliphatic rings. The van der Waals surface area contributed by atoms with Gasteiger partial charge in [0.05, 0.1) is 18.1 Å². The number of amides is 1. The van der Waals surface area contributed by atoms with Crippen molar-refractivity contribution in [3.05, 3.63) is 69.5 Å². The molecule has 2 aromatic carbocycles. The molecular weight excluding hydrogens is 443 g/mol. The number of esters is 1. The number of nitrogens with zero attached hydrogens (tertiary/aromatic N) is 1. The number of hydrogen-bond donors (Lipinski definition) is 4. The molecule has 2 atom stereocenters. The molecule has 3 rings (SSSR count). The van der Waals surface area contributed by atoms with Gasteiger partial charge in [-0.1, -0.05) is 0 Å². The Balaban J connectivity index is 2.05. The SMILES string of the molecule is COC(=O)C(=O)C(C(=O)C(=O)Nc1ccc(F)cc1)c1nc2ccc([NH+]([O-])O)cc2[nH]c1=O. The van der Waals surface area contributed by atoms with Crippen LogP contribution in [0.4, 0.5) is 15.8 Å². The van der Waals surface area contributed by atoms with Crippen LogP contribution in [0, 0.1) is 11.0 Å². The van der Waals surface area contributed by atoms with E-state index in [2.05, 4.69) is 20.0 Å². The molecule has 0 saturated carbocycles. The number of Topliss-reactive ketones (excluding diaryl/α,β-unsaturated/α-hetero) is 2. The van der Waals surface area contributed by atoms with E-state index < -0.39 is 51.7 Å². The van der Waals surface area contributed by atoms with E-state index in [4.69, 9.17) is 5.21 Å². The minimum atomic E-state index is -2.25. The lowest BCUT2D eigenvalue weighted by Crippen LogP contribution is -2.99. The maximum absolute atomic E-state index is 13.1. The van der Waals surface area contributed by atoms with Gasteiger partial charge in [-0.2, -0.15) is 5.23 Å². The summed E-state index contributed by atoms with van der Waals surface area (Å²) in [6.07, 6.45) is 0. The van der Waals surface area contributed by atoms with Gasteiger partial charge in [0, 0.05) is 17.8 Å². The molecule has 2 unspecified atom stereocenters. The molecule has 33 heavy (non-hydrogen) atoms. The summed E-state index contributed by atoms with van der Waals surface area (Å²) < 4.78 is 17.4. The summed E-state index contributed by atoms with van der Waals surface area (Å²) in [5.74, 6) is -8.72. The third-order valence-corrected chi connectivity index (χ3v) is 4.48. The second-order valence-electron chi connectivity index (χ2n) is 6.60. The Morgan fingerprint density at radius 3 is 2.42 bits per heavy atom. The van der Waals surface area contributed by atoms with Crippen LogP contribution in [0.15, 0.2) is 47.3 Å². The number of carbonyl (C=O) groups excluding carboxylic acids is 4. The molecule has 0 aliphatic carbocycles. The molecule has 1 amide bonds. The Bertz CT molecular complexity index is 1320. The van der Waals surface area contributed by atoms with Gasteiger partial charge in [-0.25, -0.2) is 19.4 Å². The summed E-state index contributed by atoms with van der Waals surface area (Å²) >= 11 is 0. The maximum atomic E-state index is 13.1. The van der Waals surface area contributed by atoms with Crippen LogP contribution < -0.4 is 16.1 Å². The van der Waals surface area contributed by atoms with Crippen LogP contribution in [0.5, 0.6) is 0 Å². The van der Waals surface area contributed by atoms with Crippen LogP contribution in [-0.2, 0) is 23.9 Å². The second-order valence-corrected chi connectivity index (χ2v) is 6.60. The predicted molar refractivity (Wildman–Crippen MR) is 108 cm³/mol. The van der Waals surface area contributed by atoms with Crippen molar-refractivity contribution in [2.45, 2.75) is 5.92 Å². The van der Waals surface area contributed by atoms with Gasteiger partial charge in [-0.05, 0) is 30.3 Å². The van der Waals surface area contributed by atoms with Crippen LogP contribution in [0.25, 0.3) is 11.0 Å². The fraction of sp³-hybridized carbons (Fsp3) is 0.100. The topological polar surface area (TPSA) is 183 Å². The standard InChI is InChI=1S/C20H15FN4O8/c1-33-20(30)17(27)14(16(26)19(29)22-10-4-2-9(21)3-5-10)15-18(28)24-13-8-11(25(31)32)6-7-12(13)23-15/h2-8,14,25,31H,1H3,(H,22,29)(H,24,28). The first kappa shape index (κ1) is 23.3. The average Bonchev–Trinajstić information content (AvgIpc) is 2.79. The third-order valence-electron chi connectivity index (χ3n) is 4.48. The molecule has 170 valence electrons. The van der Waals surface area contributed by atoms with E-state index in [0.29, 0.717) is 0 Å². The van der Waals surface area contributed by atoms with Gasteiger partial charge in [0.25, 0.3) is 17.2 Å². The van der Waals surface area contributed by atoms with Crippen molar-refractivity contribution in [1.82, 2.24) is 9.97 Å². The van der Waals surface area contributed by atoms with Crippen LogP contribution in [-0.4, -0.2) is 45.7 Å². The number of aromatic nitrogens is 2. The van der Waals surface area contributed by atoms with Crippen molar-refractivity contribution in [3.63, 3.8) is 0 Å². The quantitative estimate of drug-likeness (QED) is 0.157. The Kier molecular flexibility index (Phi) is 6.67. The Labute approximate surface area is 183 Å². The normalized spacial score (nSPS) is 12.6. The van der Waals surface area contributed by atoms with Gasteiger partial charge in [-0.3, -0.25) is 19.2 Å². The van der Waals surface area contributed by atoms with Gasteiger partial charge in [0.15, 0.2) is 5.69 Å². The Morgan fingerprint density at radius 1 is 1.15 bits per heavy atom. The highest BCUT2D eigenvalue weighted by molar-refractivity contribution is 6.52. The number of quaternary nitrogens is 1. The minimum Gasteiger partial charge on any atom is -0.595 e. The van der Waals surface area contributed by atoms with E-state index in [-0.39, 0.29) is 22.4 Å². The van der Waals surface area contributed by atoms with Crippen molar-refractivity contribution >= 4 is 45.9 Å². The monoisotopic (exact) mass is 458 g/mol. The second kappa shape index (κ2) is 9.44. The molecule has 0 aliphatic heterocycles. The van der Waals surface area contributed by atoms with E-state index in [1.165, 1.54) is 12.1 Å². The van der Waals surface area contributed by atoms with E-state index in [1.807, 2.05) is 0 Å². The van der Waals surface area contributed by atoms with Gasteiger partial charge in [0.2, 0.25) is 5.78 Å². The number of hydrogen-bond acceptors (Lipinski definition) is 9. The zero-order valence-electron chi connectivity index (χ0n) is 16.7.